The average molecular weight is 299 g/mol. The van der Waals surface area contributed by atoms with Crippen LogP contribution in [0, 0.1) is 6.92 Å². The highest BCUT2D eigenvalue weighted by Gasteiger charge is 2.36. The minimum absolute atomic E-state index is 0.0813. The van der Waals surface area contributed by atoms with Crippen LogP contribution < -0.4 is 4.90 Å². The lowest BCUT2D eigenvalue weighted by Gasteiger charge is -2.25. The van der Waals surface area contributed by atoms with Gasteiger partial charge in [-0.25, -0.2) is 4.98 Å². The summed E-state index contributed by atoms with van der Waals surface area (Å²) in [5.41, 5.74) is 1.86. The zero-order valence-corrected chi connectivity index (χ0v) is 13.0. The fraction of sp³-hybridized carbons (Fsp3) is 0.412. The summed E-state index contributed by atoms with van der Waals surface area (Å²) in [5, 5.41) is 0. The number of carbonyl (C=O) groups is 1. The Bertz CT molecular complexity index is 638. The molecule has 1 aliphatic rings. The Balaban J connectivity index is 1.72. The van der Waals surface area contributed by atoms with E-state index in [2.05, 4.69) is 16.8 Å². The van der Waals surface area contributed by atoms with Crippen LogP contribution in [0.4, 0.5) is 5.69 Å². The van der Waals surface area contributed by atoms with E-state index in [1.165, 1.54) is 0 Å². The van der Waals surface area contributed by atoms with Gasteiger partial charge in [0, 0.05) is 25.7 Å². The number of nitrogens with zero attached hydrogens (tertiary/aromatic N) is 3. The molecule has 1 aromatic carbocycles. The Hall–Kier alpha value is -2.14. The number of likely N-dealkylation sites (N-methyl/N-ethyl adjacent to an activating group) is 1. The van der Waals surface area contributed by atoms with Crippen LogP contribution in [0.25, 0.3) is 0 Å². The molecule has 0 saturated carbocycles. The third-order valence-electron chi connectivity index (χ3n) is 4.12. The summed E-state index contributed by atoms with van der Waals surface area (Å²) in [6, 6.07) is 9.78. The van der Waals surface area contributed by atoms with E-state index in [4.69, 9.17) is 4.42 Å². The zero-order chi connectivity index (χ0) is 15.5. The molecule has 22 heavy (non-hydrogen) atoms. The van der Waals surface area contributed by atoms with E-state index in [0.717, 1.165) is 30.9 Å². The highest BCUT2D eigenvalue weighted by molar-refractivity contribution is 5.99. The summed E-state index contributed by atoms with van der Waals surface area (Å²) >= 11 is 0. The number of hydrogen-bond donors (Lipinski definition) is 0. The Labute approximate surface area is 130 Å². The second-order valence-corrected chi connectivity index (χ2v) is 5.55. The molecule has 1 saturated heterocycles. The predicted molar refractivity (Wildman–Crippen MR) is 84.5 cm³/mol. The third kappa shape index (κ3) is 2.90. The molecule has 0 aliphatic carbocycles. The molecule has 1 aliphatic heterocycles. The van der Waals surface area contributed by atoms with Crippen molar-refractivity contribution < 1.29 is 9.21 Å². The molecule has 0 radical (unpaired) electrons. The fourth-order valence-corrected chi connectivity index (χ4v) is 3.00. The van der Waals surface area contributed by atoms with Gasteiger partial charge in [-0.2, -0.15) is 0 Å². The summed E-state index contributed by atoms with van der Waals surface area (Å²) in [6.45, 7) is 6.13. The van der Waals surface area contributed by atoms with E-state index in [-0.39, 0.29) is 11.9 Å². The Morgan fingerprint density at radius 2 is 2.14 bits per heavy atom. The van der Waals surface area contributed by atoms with Crippen molar-refractivity contribution in [3.8, 4) is 0 Å². The first-order valence-electron chi connectivity index (χ1n) is 7.70. The second-order valence-electron chi connectivity index (χ2n) is 5.55. The number of oxazole rings is 1. The van der Waals surface area contributed by atoms with Crippen molar-refractivity contribution in [2.24, 2.45) is 0 Å². The highest BCUT2D eigenvalue weighted by Crippen LogP contribution is 2.25. The Kier molecular flexibility index (Phi) is 4.24. The molecule has 2 aromatic rings. The lowest BCUT2D eigenvalue weighted by atomic mass is 10.2. The molecule has 1 aromatic heterocycles. The molecule has 2 heterocycles. The van der Waals surface area contributed by atoms with Gasteiger partial charge in [0.1, 0.15) is 6.26 Å². The van der Waals surface area contributed by atoms with Crippen molar-refractivity contribution in [3.63, 3.8) is 0 Å². The van der Waals surface area contributed by atoms with Crippen molar-refractivity contribution in [1.29, 1.82) is 0 Å². The van der Waals surface area contributed by atoms with Crippen molar-refractivity contribution in [3.05, 3.63) is 48.2 Å². The number of aryl methyl sites for hydroxylation is 1. The van der Waals surface area contributed by atoms with Crippen LogP contribution in [0.1, 0.15) is 24.9 Å². The molecule has 1 fully saturated rings. The molecule has 5 heteroatoms. The van der Waals surface area contributed by atoms with Crippen LogP contribution in [0.15, 0.2) is 41.0 Å². The lowest BCUT2D eigenvalue weighted by molar-refractivity contribution is -0.121. The summed E-state index contributed by atoms with van der Waals surface area (Å²) in [5.74, 6) is 0.836. The number of aromatic nitrogens is 1. The largest absolute Gasteiger partial charge is 0.449 e. The summed E-state index contributed by atoms with van der Waals surface area (Å²) < 4.78 is 5.26. The topological polar surface area (TPSA) is 49.6 Å². The van der Waals surface area contributed by atoms with E-state index < -0.39 is 0 Å². The van der Waals surface area contributed by atoms with Gasteiger partial charge in [-0.05, 0) is 25.1 Å². The summed E-state index contributed by atoms with van der Waals surface area (Å²) in [6.07, 6.45) is 2.52. The lowest BCUT2D eigenvalue weighted by Crippen LogP contribution is -2.41. The first-order chi connectivity index (χ1) is 10.7. The fourth-order valence-electron chi connectivity index (χ4n) is 3.00. The van der Waals surface area contributed by atoms with Gasteiger partial charge in [0.15, 0.2) is 5.89 Å². The van der Waals surface area contributed by atoms with Crippen LogP contribution in [-0.2, 0) is 11.3 Å². The van der Waals surface area contributed by atoms with Crippen LogP contribution in [0.5, 0.6) is 0 Å². The molecule has 1 unspecified atom stereocenters. The minimum Gasteiger partial charge on any atom is -0.449 e. The summed E-state index contributed by atoms with van der Waals surface area (Å²) in [7, 11) is 0. The SMILES string of the molecule is CCN(Cc1coc(C)n1)C1CCN(c2ccccc2)C1=O. The highest BCUT2D eigenvalue weighted by atomic mass is 16.3. The van der Waals surface area contributed by atoms with Gasteiger partial charge in [0.05, 0.1) is 11.7 Å². The first kappa shape index (κ1) is 14.8. The standard InChI is InChI=1S/C17H21N3O2/c1-3-19(11-14-12-22-13(2)18-14)16-9-10-20(17(16)21)15-7-5-4-6-8-15/h4-8,12,16H,3,9-11H2,1-2H3. The molecule has 1 amide bonds. The zero-order valence-electron chi connectivity index (χ0n) is 13.0. The van der Waals surface area contributed by atoms with Crippen molar-refractivity contribution in [2.75, 3.05) is 18.0 Å². The van der Waals surface area contributed by atoms with Gasteiger partial charge in [-0.1, -0.05) is 25.1 Å². The number of rotatable bonds is 5. The monoisotopic (exact) mass is 299 g/mol. The number of benzene rings is 1. The van der Waals surface area contributed by atoms with E-state index in [1.54, 1.807) is 6.26 Å². The number of anilines is 1. The van der Waals surface area contributed by atoms with Crippen molar-refractivity contribution in [1.82, 2.24) is 9.88 Å². The van der Waals surface area contributed by atoms with E-state index in [9.17, 15) is 4.79 Å². The number of para-hydroxylation sites is 1. The Morgan fingerprint density at radius 3 is 2.77 bits per heavy atom. The van der Waals surface area contributed by atoms with Crippen molar-refractivity contribution >= 4 is 11.6 Å². The minimum atomic E-state index is -0.0813. The summed E-state index contributed by atoms with van der Waals surface area (Å²) in [4.78, 5) is 21.1. The van der Waals surface area contributed by atoms with Crippen LogP contribution in [-0.4, -0.2) is 34.9 Å². The number of amides is 1. The van der Waals surface area contributed by atoms with Crippen LogP contribution in [0.2, 0.25) is 0 Å². The predicted octanol–water partition coefficient (Wildman–Crippen LogP) is 2.61. The number of hydrogen-bond acceptors (Lipinski definition) is 4. The second kappa shape index (κ2) is 6.32. The maximum Gasteiger partial charge on any atom is 0.244 e. The van der Waals surface area contributed by atoms with E-state index in [0.29, 0.717) is 12.4 Å². The van der Waals surface area contributed by atoms with Crippen molar-refractivity contribution in [2.45, 2.75) is 32.9 Å². The van der Waals surface area contributed by atoms with E-state index >= 15 is 0 Å². The normalized spacial score (nSPS) is 18.4. The van der Waals surface area contributed by atoms with Gasteiger partial charge in [0.2, 0.25) is 5.91 Å². The maximum absolute atomic E-state index is 12.7. The maximum atomic E-state index is 12.7. The van der Waals surface area contributed by atoms with E-state index in [1.807, 2.05) is 42.2 Å². The van der Waals surface area contributed by atoms with Crippen LogP contribution in [0.3, 0.4) is 0 Å². The molecular weight excluding hydrogens is 278 g/mol. The van der Waals surface area contributed by atoms with Crippen LogP contribution >= 0.6 is 0 Å². The Morgan fingerprint density at radius 1 is 1.36 bits per heavy atom. The first-order valence-corrected chi connectivity index (χ1v) is 7.70. The van der Waals surface area contributed by atoms with Gasteiger partial charge in [-0.15, -0.1) is 0 Å². The quantitative estimate of drug-likeness (QED) is 0.851. The molecule has 0 spiro atoms. The number of carbonyl (C=O) groups excluding carboxylic acids is 1. The molecular formula is C17H21N3O2. The van der Waals surface area contributed by atoms with Gasteiger partial charge < -0.3 is 9.32 Å². The molecule has 1 atom stereocenters. The van der Waals surface area contributed by atoms with Gasteiger partial charge >= 0.3 is 0 Å². The molecule has 116 valence electrons. The molecule has 5 nitrogen and oxygen atoms in total. The molecule has 3 rings (SSSR count). The van der Waals surface area contributed by atoms with Gasteiger partial charge in [-0.3, -0.25) is 9.69 Å². The smallest absolute Gasteiger partial charge is 0.244 e. The third-order valence-corrected chi connectivity index (χ3v) is 4.12. The average Bonchev–Trinajstić information content (AvgIpc) is 3.12. The molecule has 0 bridgehead atoms. The van der Waals surface area contributed by atoms with Gasteiger partial charge in [0.25, 0.3) is 0 Å². The molecule has 0 N–H and O–H groups in total.